The Morgan fingerprint density at radius 1 is 0.902 bits per heavy atom. The van der Waals surface area contributed by atoms with Crippen molar-refractivity contribution in [2.45, 2.75) is 52.6 Å². The minimum Gasteiger partial charge on any atom is -0.354 e. The Morgan fingerprint density at radius 2 is 1.61 bits per heavy atom. The van der Waals surface area contributed by atoms with E-state index in [1.54, 1.807) is 30.3 Å². The normalized spacial score (nSPS) is 12.0. The average molecular weight is 619 g/mol. The molecule has 0 unspecified atom stereocenters. The number of halogens is 2. The van der Waals surface area contributed by atoms with Crippen LogP contribution in [-0.2, 0) is 32.6 Å². The molecule has 3 rings (SSSR count). The molecule has 0 saturated heterocycles. The van der Waals surface area contributed by atoms with Crippen molar-refractivity contribution in [3.8, 4) is 0 Å². The highest BCUT2D eigenvalue weighted by molar-refractivity contribution is 7.92. The summed E-state index contributed by atoms with van der Waals surface area (Å²) in [6.45, 7) is 5.86. The second-order valence-corrected chi connectivity index (χ2v) is 12.9. The Morgan fingerprint density at radius 3 is 2.22 bits per heavy atom. The van der Waals surface area contributed by atoms with Crippen molar-refractivity contribution in [3.05, 3.63) is 99.0 Å². The van der Waals surface area contributed by atoms with Gasteiger partial charge in [-0.3, -0.25) is 13.9 Å². The predicted octanol–water partition coefficient (Wildman–Crippen LogP) is 5.93. The number of amides is 2. The number of carbonyl (C=O) groups is 2. The highest BCUT2D eigenvalue weighted by Crippen LogP contribution is 2.26. The summed E-state index contributed by atoms with van der Waals surface area (Å²) in [5.41, 5.74) is 3.80. The van der Waals surface area contributed by atoms with Gasteiger partial charge in [0.15, 0.2) is 0 Å². The van der Waals surface area contributed by atoms with Crippen molar-refractivity contribution in [2.75, 3.05) is 23.7 Å². The van der Waals surface area contributed by atoms with Gasteiger partial charge in [-0.05, 0) is 66.8 Å². The van der Waals surface area contributed by atoms with Gasteiger partial charge in [0.25, 0.3) is 0 Å². The lowest BCUT2D eigenvalue weighted by atomic mass is 10.0. The number of rotatable bonds is 13. The van der Waals surface area contributed by atoms with Crippen LogP contribution in [0.25, 0.3) is 0 Å². The van der Waals surface area contributed by atoms with Crippen LogP contribution in [0.15, 0.2) is 66.7 Å². The number of hydrogen-bond donors (Lipinski definition) is 1. The molecule has 7 nitrogen and oxygen atoms in total. The molecular formula is C31H37Cl2N3O4S. The van der Waals surface area contributed by atoms with E-state index in [1.165, 1.54) is 4.90 Å². The zero-order valence-corrected chi connectivity index (χ0v) is 26.2. The van der Waals surface area contributed by atoms with Crippen molar-refractivity contribution < 1.29 is 18.0 Å². The van der Waals surface area contributed by atoms with Gasteiger partial charge >= 0.3 is 0 Å². The van der Waals surface area contributed by atoms with E-state index in [0.29, 0.717) is 27.8 Å². The fraction of sp³-hybridized carbons (Fsp3) is 0.355. The molecule has 0 spiro atoms. The van der Waals surface area contributed by atoms with E-state index in [4.69, 9.17) is 23.2 Å². The van der Waals surface area contributed by atoms with Crippen molar-refractivity contribution in [3.63, 3.8) is 0 Å². The van der Waals surface area contributed by atoms with Gasteiger partial charge in [-0.1, -0.05) is 79.0 Å². The lowest BCUT2D eigenvalue weighted by molar-refractivity contribution is -0.140. The summed E-state index contributed by atoms with van der Waals surface area (Å²) >= 11 is 12.4. The molecule has 41 heavy (non-hydrogen) atoms. The first kappa shape index (κ1) is 32.4. The second kappa shape index (κ2) is 14.7. The molecule has 0 fully saturated rings. The molecule has 2 amide bonds. The molecule has 1 N–H and O–H groups in total. The third-order valence-corrected chi connectivity index (χ3v) is 8.77. The molecule has 0 bridgehead atoms. The quantitative estimate of drug-likeness (QED) is 0.241. The van der Waals surface area contributed by atoms with Gasteiger partial charge in [-0.2, -0.15) is 0 Å². The third-order valence-electron chi connectivity index (χ3n) is 6.90. The van der Waals surface area contributed by atoms with E-state index in [2.05, 4.69) is 5.32 Å². The van der Waals surface area contributed by atoms with E-state index in [9.17, 15) is 18.0 Å². The SMILES string of the molecule is CCCCNC(=O)[C@H](Cc1ccccc1)N(Cc1ccc(Cl)c(Cl)c1)C(=O)CN(c1ccc(C)c(C)c1)S(C)(=O)=O. The molecule has 0 aliphatic carbocycles. The van der Waals surface area contributed by atoms with Crippen molar-refractivity contribution in [1.29, 1.82) is 0 Å². The topological polar surface area (TPSA) is 86.8 Å². The highest BCUT2D eigenvalue weighted by Gasteiger charge is 2.33. The zero-order chi connectivity index (χ0) is 30.2. The third kappa shape index (κ3) is 9.21. The molecule has 0 aliphatic heterocycles. The standard InChI is InChI=1S/C31H37Cl2N3O4S/c1-5-6-16-34-31(38)29(19-24-10-8-7-9-11-24)35(20-25-13-15-27(32)28(33)18-25)30(37)21-36(41(4,39)40)26-14-12-22(2)23(3)17-26/h7-15,17-18,29H,5-6,16,19-21H2,1-4H3,(H,34,38)/t29-/m0/s1. The van der Waals surface area contributed by atoms with Gasteiger partial charge in [-0.15, -0.1) is 0 Å². The second-order valence-electron chi connectivity index (χ2n) is 10.2. The molecule has 0 radical (unpaired) electrons. The Labute approximate surface area is 253 Å². The fourth-order valence-corrected chi connectivity index (χ4v) is 5.55. The first-order chi connectivity index (χ1) is 19.4. The maximum atomic E-state index is 14.1. The number of unbranched alkanes of at least 4 members (excludes halogenated alkanes) is 1. The summed E-state index contributed by atoms with van der Waals surface area (Å²) in [5.74, 6) is -0.834. The predicted molar refractivity (Wildman–Crippen MR) is 167 cm³/mol. The van der Waals surface area contributed by atoms with Crippen molar-refractivity contribution >= 4 is 50.7 Å². The van der Waals surface area contributed by atoms with Crippen LogP contribution >= 0.6 is 23.2 Å². The van der Waals surface area contributed by atoms with E-state index in [0.717, 1.165) is 40.1 Å². The Bertz CT molecular complexity index is 1470. The number of nitrogens with zero attached hydrogens (tertiary/aromatic N) is 2. The highest BCUT2D eigenvalue weighted by atomic mass is 35.5. The molecule has 3 aromatic carbocycles. The van der Waals surface area contributed by atoms with Crippen LogP contribution in [0.5, 0.6) is 0 Å². The van der Waals surface area contributed by atoms with E-state index >= 15 is 0 Å². The van der Waals surface area contributed by atoms with Gasteiger partial charge < -0.3 is 10.2 Å². The molecule has 0 aliphatic rings. The molecule has 0 heterocycles. The van der Waals surface area contributed by atoms with Crippen LogP contribution in [0.2, 0.25) is 10.0 Å². The Kier molecular flexibility index (Phi) is 11.6. The number of carbonyl (C=O) groups excluding carboxylic acids is 2. The maximum absolute atomic E-state index is 14.1. The summed E-state index contributed by atoms with van der Waals surface area (Å²) in [6.07, 6.45) is 3.00. The van der Waals surface area contributed by atoms with Crippen LogP contribution < -0.4 is 9.62 Å². The number of sulfonamides is 1. The fourth-order valence-electron chi connectivity index (χ4n) is 4.39. The van der Waals surface area contributed by atoms with Crippen molar-refractivity contribution in [2.24, 2.45) is 0 Å². The monoisotopic (exact) mass is 617 g/mol. The number of benzene rings is 3. The smallest absolute Gasteiger partial charge is 0.244 e. The summed E-state index contributed by atoms with van der Waals surface area (Å²) in [6, 6.07) is 18.8. The number of aryl methyl sites for hydroxylation is 2. The van der Waals surface area contributed by atoms with Crippen LogP contribution in [-0.4, -0.2) is 50.5 Å². The van der Waals surface area contributed by atoms with Crippen LogP contribution in [0.4, 0.5) is 5.69 Å². The first-order valence-corrected chi connectivity index (χ1v) is 16.1. The van der Waals surface area contributed by atoms with Crippen LogP contribution in [0.3, 0.4) is 0 Å². The average Bonchev–Trinajstić information content (AvgIpc) is 2.92. The molecule has 1 atom stereocenters. The Hall–Kier alpha value is -3.07. The summed E-state index contributed by atoms with van der Waals surface area (Å²) in [7, 11) is -3.84. The molecule has 0 saturated carbocycles. The lowest BCUT2D eigenvalue weighted by Gasteiger charge is -2.33. The lowest BCUT2D eigenvalue weighted by Crippen LogP contribution is -2.53. The van der Waals surface area contributed by atoms with E-state index < -0.39 is 28.5 Å². The van der Waals surface area contributed by atoms with Gasteiger partial charge in [0.1, 0.15) is 12.6 Å². The van der Waals surface area contributed by atoms with Gasteiger partial charge in [0.05, 0.1) is 22.0 Å². The minimum atomic E-state index is -3.84. The van der Waals surface area contributed by atoms with Crippen molar-refractivity contribution in [1.82, 2.24) is 10.2 Å². The minimum absolute atomic E-state index is 0.0267. The largest absolute Gasteiger partial charge is 0.354 e. The summed E-state index contributed by atoms with van der Waals surface area (Å²) in [4.78, 5) is 29.2. The summed E-state index contributed by atoms with van der Waals surface area (Å²) in [5, 5.41) is 3.64. The first-order valence-electron chi connectivity index (χ1n) is 13.5. The molecular weight excluding hydrogens is 581 g/mol. The van der Waals surface area contributed by atoms with E-state index in [1.807, 2.05) is 57.2 Å². The maximum Gasteiger partial charge on any atom is 0.244 e. The molecule has 220 valence electrons. The van der Waals surface area contributed by atoms with E-state index in [-0.39, 0.29) is 18.9 Å². The number of nitrogens with one attached hydrogen (secondary N) is 1. The number of anilines is 1. The van der Waals surface area contributed by atoms with Crippen LogP contribution in [0, 0.1) is 13.8 Å². The molecule has 0 aromatic heterocycles. The Balaban J connectivity index is 2.06. The van der Waals surface area contributed by atoms with Gasteiger partial charge in [0, 0.05) is 19.5 Å². The summed E-state index contributed by atoms with van der Waals surface area (Å²) < 4.78 is 27.0. The van der Waals surface area contributed by atoms with Crippen LogP contribution in [0.1, 0.15) is 42.0 Å². The molecule has 3 aromatic rings. The van der Waals surface area contributed by atoms with Gasteiger partial charge in [-0.25, -0.2) is 8.42 Å². The van der Waals surface area contributed by atoms with Gasteiger partial charge in [0.2, 0.25) is 21.8 Å². The number of hydrogen-bond acceptors (Lipinski definition) is 4. The zero-order valence-electron chi connectivity index (χ0n) is 23.9. The molecule has 10 heteroatoms.